The number of halogens is 1. The summed E-state index contributed by atoms with van der Waals surface area (Å²) in [5.41, 5.74) is -0.298. The van der Waals surface area contributed by atoms with E-state index in [2.05, 4.69) is 10.0 Å². The molecule has 1 atom stereocenters. The van der Waals surface area contributed by atoms with Crippen molar-refractivity contribution in [3.05, 3.63) is 41.7 Å². The highest BCUT2D eigenvalue weighted by Crippen LogP contribution is 2.32. The van der Waals surface area contributed by atoms with Gasteiger partial charge >= 0.3 is 0 Å². The molecule has 1 aromatic carbocycles. The van der Waals surface area contributed by atoms with Gasteiger partial charge in [0.1, 0.15) is 0 Å². The number of nitrogens with one attached hydrogen (secondary N) is 2. The zero-order valence-corrected chi connectivity index (χ0v) is 20.0. The Hall–Kier alpha value is -2.26. The highest BCUT2D eigenvalue weighted by Gasteiger charge is 2.28. The number of hydrogen-bond acceptors (Lipinski definition) is 5. The number of carbonyl (C=O) groups excluding carboxylic acids is 2. The number of allylic oxidation sites excluding steroid dienone is 2. The van der Waals surface area contributed by atoms with Crippen LogP contribution in [0.4, 0.5) is 4.39 Å². The second-order valence-corrected chi connectivity index (χ2v) is 11.3. The van der Waals surface area contributed by atoms with Gasteiger partial charge in [0.05, 0.1) is 17.9 Å². The summed E-state index contributed by atoms with van der Waals surface area (Å²) in [4.78, 5) is 22.9. The van der Waals surface area contributed by atoms with E-state index in [0.717, 1.165) is 12.8 Å². The molecule has 3 rings (SSSR count). The monoisotopic (exact) mass is 480 g/mol. The predicted molar refractivity (Wildman–Crippen MR) is 123 cm³/mol. The molecule has 33 heavy (non-hydrogen) atoms. The Morgan fingerprint density at radius 2 is 1.97 bits per heavy atom. The molecule has 2 amide bonds. The number of imide groups is 1. The van der Waals surface area contributed by atoms with Gasteiger partial charge in [-0.05, 0) is 76.0 Å². The van der Waals surface area contributed by atoms with Gasteiger partial charge in [-0.1, -0.05) is 18.2 Å². The third-order valence-electron chi connectivity index (χ3n) is 5.96. The van der Waals surface area contributed by atoms with Gasteiger partial charge in [-0.3, -0.25) is 14.9 Å². The Morgan fingerprint density at radius 1 is 1.21 bits per heavy atom. The van der Waals surface area contributed by atoms with Crippen LogP contribution in [0.25, 0.3) is 0 Å². The smallest absolute Gasteiger partial charge is 0.229 e. The summed E-state index contributed by atoms with van der Waals surface area (Å²) in [6.07, 6.45) is 8.34. The lowest BCUT2D eigenvalue weighted by atomic mass is 9.94. The summed E-state index contributed by atoms with van der Waals surface area (Å²) in [6.45, 7) is 3.95. The van der Waals surface area contributed by atoms with Crippen molar-refractivity contribution in [1.29, 1.82) is 0 Å². The van der Waals surface area contributed by atoms with Crippen molar-refractivity contribution >= 4 is 21.8 Å². The lowest BCUT2D eigenvalue weighted by Gasteiger charge is -2.27. The summed E-state index contributed by atoms with van der Waals surface area (Å²) in [6, 6.07) is 4.44. The quantitative estimate of drug-likeness (QED) is 0.271. The van der Waals surface area contributed by atoms with Gasteiger partial charge in [-0.15, -0.1) is 0 Å². The summed E-state index contributed by atoms with van der Waals surface area (Å²) in [5, 5.41) is 2.33. The highest BCUT2D eigenvalue weighted by atomic mass is 32.2. The van der Waals surface area contributed by atoms with E-state index in [1.165, 1.54) is 6.07 Å². The van der Waals surface area contributed by atoms with Crippen molar-refractivity contribution in [3.63, 3.8) is 0 Å². The molecule has 0 aromatic heterocycles. The van der Waals surface area contributed by atoms with Crippen LogP contribution in [0.2, 0.25) is 0 Å². The van der Waals surface area contributed by atoms with Gasteiger partial charge in [0, 0.05) is 12.3 Å². The molecule has 2 fully saturated rings. The van der Waals surface area contributed by atoms with E-state index >= 15 is 0 Å². The third-order valence-corrected chi connectivity index (χ3v) is 7.61. The SMILES string of the molecule is CC(C)(NS(=O)(=O)CCC/C=C/CC1CCC(=O)NC1=O)c1ccc(F)c(OCC2CC2)c1. The topological polar surface area (TPSA) is 102 Å². The van der Waals surface area contributed by atoms with E-state index in [0.29, 0.717) is 50.2 Å². The van der Waals surface area contributed by atoms with Crippen LogP contribution in [-0.4, -0.2) is 32.6 Å². The predicted octanol–water partition coefficient (Wildman–Crippen LogP) is 3.55. The lowest BCUT2D eigenvalue weighted by molar-refractivity contribution is -0.136. The number of benzene rings is 1. The number of sulfonamides is 1. The van der Waals surface area contributed by atoms with Crippen molar-refractivity contribution in [1.82, 2.24) is 10.0 Å². The Balaban J connectivity index is 1.46. The maximum absolute atomic E-state index is 14.1. The molecular weight excluding hydrogens is 447 g/mol. The summed E-state index contributed by atoms with van der Waals surface area (Å²) in [5.74, 6) is -0.562. The second kappa shape index (κ2) is 10.8. The minimum absolute atomic E-state index is 0.0502. The van der Waals surface area contributed by atoms with Gasteiger partial charge in [-0.25, -0.2) is 17.5 Å². The van der Waals surface area contributed by atoms with Gasteiger partial charge in [0.15, 0.2) is 11.6 Å². The molecule has 1 saturated carbocycles. The first kappa shape index (κ1) is 25.4. The van der Waals surface area contributed by atoms with E-state index in [1.807, 2.05) is 12.2 Å². The number of carbonyl (C=O) groups is 2. The molecule has 1 saturated heterocycles. The molecule has 1 aliphatic heterocycles. The number of ether oxygens (including phenoxy) is 1. The summed E-state index contributed by atoms with van der Waals surface area (Å²) >= 11 is 0. The van der Waals surface area contributed by atoms with Crippen LogP contribution in [0.15, 0.2) is 30.4 Å². The van der Waals surface area contributed by atoms with Gasteiger partial charge in [0.25, 0.3) is 0 Å². The number of rotatable bonds is 12. The highest BCUT2D eigenvalue weighted by molar-refractivity contribution is 7.89. The average Bonchev–Trinajstić information content (AvgIpc) is 3.55. The molecule has 182 valence electrons. The molecule has 7 nitrogen and oxygen atoms in total. The van der Waals surface area contributed by atoms with E-state index in [-0.39, 0.29) is 29.2 Å². The van der Waals surface area contributed by atoms with Crippen LogP contribution in [0.3, 0.4) is 0 Å². The Labute approximate surface area is 195 Å². The lowest BCUT2D eigenvalue weighted by Crippen LogP contribution is -2.42. The van der Waals surface area contributed by atoms with E-state index in [4.69, 9.17) is 4.74 Å². The Kier molecular flexibility index (Phi) is 8.28. The molecule has 0 spiro atoms. The van der Waals surface area contributed by atoms with Crippen molar-refractivity contribution in [2.45, 2.75) is 64.3 Å². The average molecular weight is 481 g/mol. The standard InChI is InChI=1S/C24H33FN2O5S/c1-24(2,19-11-12-20(25)21(15-19)32-16-17-8-9-17)27-33(30,31)14-6-4-3-5-7-18-10-13-22(28)26-23(18)29/h3,5,11-12,15,17-18,27H,4,6-10,13-14,16H2,1-2H3,(H,26,28,29)/b5-3+. The molecule has 2 N–H and O–H groups in total. The first-order chi connectivity index (χ1) is 15.6. The molecule has 1 heterocycles. The zero-order chi connectivity index (χ0) is 24.1. The Morgan fingerprint density at radius 3 is 2.67 bits per heavy atom. The molecule has 1 aromatic rings. The minimum Gasteiger partial charge on any atom is -0.490 e. The second-order valence-electron chi connectivity index (χ2n) is 9.44. The molecule has 1 aliphatic carbocycles. The van der Waals surface area contributed by atoms with Crippen LogP contribution in [0.5, 0.6) is 5.75 Å². The third kappa shape index (κ3) is 7.92. The summed E-state index contributed by atoms with van der Waals surface area (Å²) < 4.78 is 47.6. The van der Waals surface area contributed by atoms with Crippen LogP contribution < -0.4 is 14.8 Å². The normalized spacial score (nSPS) is 19.7. The van der Waals surface area contributed by atoms with Gasteiger partial charge in [-0.2, -0.15) is 0 Å². The largest absolute Gasteiger partial charge is 0.490 e. The number of hydrogen-bond donors (Lipinski definition) is 2. The fourth-order valence-corrected chi connectivity index (χ4v) is 5.27. The van der Waals surface area contributed by atoms with Gasteiger partial charge < -0.3 is 4.74 Å². The van der Waals surface area contributed by atoms with Crippen molar-refractivity contribution in [3.8, 4) is 5.75 Å². The van der Waals surface area contributed by atoms with Crippen molar-refractivity contribution < 1.29 is 27.1 Å². The molecule has 9 heteroatoms. The first-order valence-electron chi connectivity index (χ1n) is 11.5. The first-order valence-corrected chi connectivity index (χ1v) is 13.1. The molecule has 0 bridgehead atoms. The molecule has 0 radical (unpaired) electrons. The maximum Gasteiger partial charge on any atom is 0.229 e. The van der Waals surface area contributed by atoms with E-state index < -0.39 is 21.4 Å². The van der Waals surface area contributed by atoms with Crippen LogP contribution in [-0.2, 0) is 25.2 Å². The fourth-order valence-electron chi connectivity index (χ4n) is 3.73. The Bertz CT molecular complexity index is 1000. The minimum atomic E-state index is -3.57. The maximum atomic E-state index is 14.1. The van der Waals surface area contributed by atoms with Crippen LogP contribution in [0, 0.1) is 17.7 Å². The fraction of sp³-hybridized carbons (Fsp3) is 0.583. The molecule has 2 aliphatic rings. The molecule has 1 unspecified atom stereocenters. The number of unbranched alkanes of at least 4 members (excludes halogenated alkanes) is 1. The van der Waals surface area contributed by atoms with E-state index in [9.17, 15) is 22.4 Å². The molecular formula is C24H33FN2O5S. The zero-order valence-electron chi connectivity index (χ0n) is 19.2. The van der Waals surface area contributed by atoms with Crippen molar-refractivity contribution in [2.24, 2.45) is 11.8 Å². The number of piperidine rings is 1. The van der Waals surface area contributed by atoms with E-state index in [1.54, 1.807) is 26.0 Å². The summed E-state index contributed by atoms with van der Waals surface area (Å²) in [7, 11) is -3.57. The van der Waals surface area contributed by atoms with Crippen molar-refractivity contribution in [2.75, 3.05) is 12.4 Å². The van der Waals surface area contributed by atoms with Crippen LogP contribution >= 0.6 is 0 Å². The number of amides is 2. The van der Waals surface area contributed by atoms with Gasteiger partial charge in [0.2, 0.25) is 21.8 Å². The van der Waals surface area contributed by atoms with Crippen LogP contribution in [0.1, 0.15) is 64.4 Å².